The standard InChI is InChI=1S/C20H23NO4/c1-14-5-4-6-17(9-14)25-13-20(22)21-8-7-15-10-18(23-2)19(24-3)11-16(15)12-21/h4-6,9-11H,7-8,12-13H2,1-3H3. The molecule has 5 nitrogen and oxygen atoms in total. The van der Waals surface area contributed by atoms with Crippen molar-refractivity contribution in [3.05, 3.63) is 53.1 Å². The molecule has 132 valence electrons. The quantitative estimate of drug-likeness (QED) is 0.839. The molecule has 2 aromatic carbocycles. The molecular formula is C20H23NO4. The second kappa shape index (κ2) is 7.47. The number of rotatable bonds is 5. The molecule has 1 aliphatic heterocycles. The van der Waals surface area contributed by atoms with Gasteiger partial charge in [-0.05, 0) is 54.3 Å². The van der Waals surface area contributed by atoms with E-state index in [0.717, 1.165) is 29.0 Å². The van der Waals surface area contributed by atoms with Crippen LogP contribution in [0.15, 0.2) is 36.4 Å². The SMILES string of the molecule is COc1cc2c(cc1OC)CN(C(=O)COc1cccc(C)c1)CC2. The van der Waals surface area contributed by atoms with E-state index in [-0.39, 0.29) is 12.5 Å². The van der Waals surface area contributed by atoms with E-state index in [1.807, 2.05) is 48.2 Å². The van der Waals surface area contributed by atoms with Gasteiger partial charge in [0, 0.05) is 13.1 Å². The van der Waals surface area contributed by atoms with Crippen LogP contribution in [0.25, 0.3) is 0 Å². The van der Waals surface area contributed by atoms with Crippen LogP contribution in [-0.2, 0) is 17.8 Å². The number of carbonyl (C=O) groups is 1. The number of ether oxygens (including phenoxy) is 3. The molecule has 0 fully saturated rings. The van der Waals surface area contributed by atoms with Gasteiger partial charge in [0.25, 0.3) is 5.91 Å². The van der Waals surface area contributed by atoms with Crippen molar-refractivity contribution in [2.75, 3.05) is 27.4 Å². The molecule has 0 saturated heterocycles. The highest BCUT2D eigenvalue weighted by atomic mass is 16.5. The molecule has 0 bridgehead atoms. The van der Waals surface area contributed by atoms with Crippen molar-refractivity contribution in [3.63, 3.8) is 0 Å². The molecule has 0 N–H and O–H groups in total. The Morgan fingerprint density at radius 3 is 2.48 bits per heavy atom. The first-order valence-corrected chi connectivity index (χ1v) is 8.31. The number of nitrogens with zero attached hydrogens (tertiary/aromatic N) is 1. The topological polar surface area (TPSA) is 48.0 Å². The number of carbonyl (C=O) groups excluding carboxylic acids is 1. The molecule has 25 heavy (non-hydrogen) atoms. The summed E-state index contributed by atoms with van der Waals surface area (Å²) < 4.78 is 16.3. The van der Waals surface area contributed by atoms with Crippen molar-refractivity contribution in [3.8, 4) is 17.2 Å². The molecule has 0 atom stereocenters. The lowest BCUT2D eigenvalue weighted by Crippen LogP contribution is -2.38. The zero-order valence-corrected chi connectivity index (χ0v) is 14.9. The van der Waals surface area contributed by atoms with Crippen molar-refractivity contribution in [1.82, 2.24) is 4.90 Å². The zero-order chi connectivity index (χ0) is 17.8. The van der Waals surface area contributed by atoms with Gasteiger partial charge in [0.15, 0.2) is 18.1 Å². The molecule has 1 aliphatic rings. The predicted octanol–water partition coefficient (Wildman–Crippen LogP) is 2.98. The molecular weight excluding hydrogens is 318 g/mol. The van der Waals surface area contributed by atoms with E-state index in [4.69, 9.17) is 14.2 Å². The number of hydrogen-bond donors (Lipinski definition) is 0. The minimum Gasteiger partial charge on any atom is -0.493 e. The lowest BCUT2D eigenvalue weighted by atomic mass is 9.99. The molecule has 1 amide bonds. The number of fused-ring (bicyclic) bond motifs is 1. The highest BCUT2D eigenvalue weighted by molar-refractivity contribution is 5.78. The molecule has 0 aromatic heterocycles. The molecule has 5 heteroatoms. The minimum atomic E-state index is -0.0121. The Morgan fingerprint density at radius 2 is 1.80 bits per heavy atom. The number of hydrogen-bond acceptors (Lipinski definition) is 4. The Balaban J connectivity index is 1.66. The molecule has 3 rings (SSSR count). The average Bonchev–Trinajstić information content (AvgIpc) is 2.64. The number of aryl methyl sites for hydroxylation is 1. The Morgan fingerprint density at radius 1 is 1.08 bits per heavy atom. The van der Waals surface area contributed by atoms with Gasteiger partial charge in [-0.2, -0.15) is 0 Å². The van der Waals surface area contributed by atoms with Crippen molar-refractivity contribution < 1.29 is 19.0 Å². The molecule has 2 aromatic rings. The fourth-order valence-electron chi connectivity index (χ4n) is 3.04. The molecule has 0 saturated carbocycles. The smallest absolute Gasteiger partial charge is 0.260 e. The fourth-order valence-corrected chi connectivity index (χ4v) is 3.04. The van der Waals surface area contributed by atoms with Crippen LogP contribution in [0, 0.1) is 6.92 Å². The lowest BCUT2D eigenvalue weighted by molar-refractivity contribution is -0.134. The van der Waals surface area contributed by atoms with Crippen molar-refractivity contribution >= 4 is 5.91 Å². The van der Waals surface area contributed by atoms with Gasteiger partial charge >= 0.3 is 0 Å². The number of methoxy groups -OCH3 is 2. The Labute approximate surface area is 148 Å². The Hall–Kier alpha value is -2.69. The summed E-state index contributed by atoms with van der Waals surface area (Å²) in [6.45, 7) is 3.29. The van der Waals surface area contributed by atoms with Crippen LogP contribution < -0.4 is 14.2 Å². The highest BCUT2D eigenvalue weighted by Crippen LogP contribution is 2.33. The van der Waals surface area contributed by atoms with E-state index in [9.17, 15) is 4.79 Å². The fraction of sp³-hybridized carbons (Fsp3) is 0.350. The zero-order valence-electron chi connectivity index (χ0n) is 14.9. The van der Waals surface area contributed by atoms with E-state index in [0.29, 0.717) is 18.8 Å². The van der Waals surface area contributed by atoms with Crippen LogP contribution in [0.3, 0.4) is 0 Å². The van der Waals surface area contributed by atoms with E-state index in [1.54, 1.807) is 14.2 Å². The molecule has 1 heterocycles. The van der Waals surface area contributed by atoms with E-state index < -0.39 is 0 Å². The highest BCUT2D eigenvalue weighted by Gasteiger charge is 2.23. The van der Waals surface area contributed by atoms with Gasteiger partial charge in [-0.15, -0.1) is 0 Å². The van der Waals surface area contributed by atoms with Gasteiger partial charge in [0.2, 0.25) is 0 Å². The van der Waals surface area contributed by atoms with Gasteiger partial charge in [0.1, 0.15) is 5.75 Å². The van der Waals surface area contributed by atoms with Gasteiger partial charge in [-0.1, -0.05) is 12.1 Å². The van der Waals surface area contributed by atoms with Crippen molar-refractivity contribution in [2.45, 2.75) is 19.9 Å². The first-order chi connectivity index (χ1) is 12.1. The van der Waals surface area contributed by atoms with Crippen LogP contribution in [0.4, 0.5) is 0 Å². The summed E-state index contributed by atoms with van der Waals surface area (Å²) >= 11 is 0. The maximum atomic E-state index is 12.5. The van der Waals surface area contributed by atoms with E-state index in [1.165, 1.54) is 5.56 Å². The van der Waals surface area contributed by atoms with Crippen LogP contribution in [0.5, 0.6) is 17.2 Å². The normalized spacial score (nSPS) is 13.2. The number of amides is 1. The molecule has 0 radical (unpaired) electrons. The van der Waals surface area contributed by atoms with Crippen LogP contribution >= 0.6 is 0 Å². The third kappa shape index (κ3) is 3.87. The Bertz CT molecular complexity index is 772. The predicted molar refractivity (Wildman–Crippen MR) is 95.3 cm³/mol. The monoisotopic (exact) mass is 341 g/mol. The van der Waals surface area contributed by atoms with Crippen molar-refractivity contribution in [2.24, 2.45) is 0 Å². The van der Waals surface area contributed by atoms with Gasteiger partial charge in [-0.25, -0.2) is 0 Å². The third-order valence-corrected chi connectivity index (χ3v) is 4.42. The summed E-state index contributed by atoms with van der Waals surface area (Å²) in [5, 5.41) is 0. The van der Waals surface area contributed by atoms with E-state index in [2.05, 4.69) is 0 Å². The van der Waals surface area contributed by atoms with Crippen LogP contribution in [-0.4, -0.2) is 38.2 Å². The van der Waals surface area contributed by atoms with Crippen LogP contribution in [0.2, 0.25) is 0 Å². The lowest BCUT2D eigenvalue weighted by Gasteiger charge is -2.29. The minimum absolute atomic E-state index is 0.0121. The summed E-state index contributed by atoms with van der Waals surface area (Å²) in [7, 11) is 3.25. The van der Waals surface area contributed by atoms with Crippen molar-refractivity contribution in [1.29, 1.82) is 0 Å². The second-order valence-corrected chi connectivity index (χ2v) is 6.15. The summed E-state index contributed by atoms with van der Waals surface area (Å²) in [4.78, 5) is 14.3. The van der Waals surface area contributed by atoms with Gasteiger partial charge < -0.3 is 19.1 Å². The summed E-state index contributed by atoms with van der Waals surface area (Å²) in [6, 6.07) is 11.7. The number of benzene rings is 2. The van der Waals surface area contributed by atoms with Gasteiger partial charge in [-0.3, -0.25) is 4.79 Å². The summed E-state index contributed by atoms with van der Waals surface area (Å²) in [5.74, 6) is 2.12. The summed E-state index contributed by atoms with van der Waals surface area (Å²) in [5.41, 5.74) is 3.40. The maximum absolute atomic E-state index is 12.5. The third-order valence-electron chi connectivity index (χ3n) is 4.42. The first-order valence-electron chi connectivity index (χ1n) is 8.31. The maximum Gasteiger partial charge on any atom is 0.260 e. The average molecular weight is 341 g/mol. The van der Waals surface area contributed by atoms with Crippen LogP contribution in [0.1, 0.15) is 16.7 Å². The van der Waals surface area contributed by atoms with Gasteiger partial charge in [0.05, 0.1) is 14.2 Å². The molecule has 0 unspecified atom stereocenters. The Kier molecular flexibility index (Phi) is 5.12. The largest absolute Gasteiger partial charge is 0.493 e. The summed E-state index contributed by atoms with van der Waals surface area (Å²) in [6.07, 6.45) is 0.797. The first kappa shape index (κ1) is 17.1. The van der Waals surface area contributed by atoms with E-state index >= 15 is 0 Å². The molecule has 0 spiro atoms. The molecule has 0 aliphatic carbocycles. The second-order valence-electron chi connectivity index (χ2n) is 6.15.